The fraction of sp³-hybridized carbons (Fsp3) is 0.385. The lowest BCUT2D eigenvalue weighted by Gasteiger charge is -2.10. The zero-order valence-corrected chi connectivity index (χ0v) is 13.8. The molecule has 0 bridgehead atoms. The van der Waals surface area contributed by atoms with Crippen molar-refractivity contribution in [2.45, 2.75) is 12.8 Å². The van der Waals surface area contributed by atoms with Crippen LogP contribution in [0.2, 0.25) is 0 Å². The maximum atomic E-state index is 13.6. The second-order valence-corrected chi connectivity index (χ2v) is 8.24. The minimum Gasteiger partial charge on any atom is -0.273 e. The summed E-state index contributed by atoms with van der Waals surface area (Å²) in [5, 5.41) is 0. The first kappa shape index (κ1) is 16.9. The molecule has 2 rings (SSSR count). The summed E-state index contributed by atoms with van der Waals surface area (Å²) in [6, 6.07) is 3.92. The van der Waals surface area contributed by atoms with Gasteiger partial charge in [0.1, 0.15) is 5.82 Å². The third-order valence-electron chi connectivity index (χ3n) is 3.29. The smallest absolute Gasteiger partial charge is 0.272 e. The molecule has 0 aliphatic carbocycles. The van der Waals surface area contributed by atoms with Gasteiger partial charge in [0, 0.05) is 10.9 Å². The number of hydrogen-bond donors (Lipinski definition) is 2. The summed E-state index contributed by atoms with van der Waals surface area (Å²) in [5.41, 5.74) is 4.07. The zero-order chi connectivity index (χ0) is 16.3. The minimum atomic E-state index is -3.05. The molecular weight excluding hydrogens is 379 g/mol. The first-order valence-electron chi connectivity index (χ1n) is 6.51. The average molecular weight is 393 g/mol. The number of hydrazine groups is 1. The van der Waals surface area contributed by atoms with Crippen LogP contribution in [0.5, 0.6) is 0 Å². The van der Waals surface area contributed by atoms with Gasteiger partial charge in [0.05, 0.1) is 17.1 Å². The van der Waals surface area contributed by atoms with E-state index in [-0.39, 0.29) is 29.4 Å². The Bertz CT molecular complexity index is 708. The van der Waals surface area contributed by atoms with Gasteiger partial charge in [-0.1, -0.05) is 15.9 Å². The maximum absolute atomic E-state index is 13.6. The van der Waals surface area contributed by atoms with Crippen LogP contribution in [0.25, 0.3) is 0 Å². The quantitative estimate of drug-likeness (QED) is 0.755. The van der Waals surface area contributed by atoms with Crippen molar-refractivity contribution < 1.29 is 22.4 Å². The number of rotatable bonds is 3. The van der Waals surface area contributed by atoms with Crippen LogP contribution in [-0.2, 0) is 14.6 Å². The van der Waals surface area contributed by atoms with Crippen molar-refractivity contribution >= 4 is 37.6 Å². The first-order chi connectivity index (χ1) is 10.3. The van der Waals surface area contributed by atoms with Gasteiger partial charge in [-0.2, -0.15) is 0 Å². The van der Waals surface area contributed by atoms with Crippen LogP contribution in [-0.4, -0.2) is 31.7 Å². The van der Waals surface area contributed by atoms with E-state index in [1.165, 1.54) is 12.1 Å². The predicted molar refractivity (Wildman–Crippen MR) is 81.1 cm³/mol. The van der Waals surface area contributed by atoms with E-state index in [1.54, 1.807) is 0 Å². The SMILES string of the molecule is O=C(C[C@H]1CCS(=O)(=O)C1)NNC(=O)c1ccc(Br)cc1F. The topological polar surface area (TPSA) is 92.3 Å². The number of hydrogen-bond acceptors (Lipinski definition) is 4. The van der Waals surface area contributed by atoms with Crippen LogP contribution in [0.15, 0.2) is 22.7 Å². The standard InChI is InChI=1S/C13H14BrFN2O4S/c14-9-1-2-10(11(15)6-9)13(19)17-16-12(18)5-8-3-4-22(20,21)7-8/h1-2,6,8H,3-5,7H2,(H,16,18)(H,17,19)/t8-/m1/s1. The van der Waals surface area contributed by atoms with Crippen molar-refractivity contribution in [2.24, 2.45) is 5.92 Å². The monoisotopic (exact) mass is 392 g/mol. The lowest BCUT2D eigenvalue weighted by Crippen LogP contribution is -2.42. The van der Waals surface area contributed by atoms with E-state index in [9.17, 15) is 22.4 Å². The van der Waals surface area contributed by atoms with Crippen molar-refractivity contribution in [3.05, 3.63) is 34.1 Å². The zero-order valence-electron chi connectivity index (χ0n) is 11.4. The third kappa shape index (κ3) is 4.51. The molecule has 0 aromatic heterocycles. The highest BCUT2D eigenvalue weighted by atomic mass is 79.9. The number of nitrogens with one attached hydrogen (secondary N) is 2. The molecule has 6 nitrogen and oxygen atoms in total. The number of halogens is 2. The highest BCUT2D eigenvalue weighted by Gasteiger charge is 2.29. The Labute approximate surface area is 135 Å². The molecule has 9 heteroatoms. The predicted octanol–water partition coefficient (Wildman–Crippen LogP) is 1.17. The second kappa shape index (κ2) is 6.74. The molecule has 2 N–H and O–H groups in total. The van der Waals surface area contributed by atoms with Crippen molar-refractivity contribution in [3.8, 4) is 0 Å². The fourth-order valence-corrected chi connectivity index (χ4v) is 4.41. The normalized spacial score (nSPS) is 19.6. The molecule has 1 saturated heterocycles. The van der Waals surface area contributed by atoms with Gasteiger partial charge in [0.15, 0.2) is 9.84 Å². The molecule has 2 amide bonds. The Morgan fingerprint density at radius 3 is 2.64 bits per heavy atom. The molecule has 1 fully saturated rings. The van der Waals surface area contributed by atoms with Gasteiger partial charge in [-0.25, -0.2) is 12.8 Å². The largest absolute Gasteiger partial charge is 0.273 e. The summed E-state index contributed by atoms with van der Waals surface area (Å²) in [6.07, 6.45) is 0.438. The molecule has 1 atom stereocenters. The number of amides is 2. The van der Waals surface area contributed by atoms with Crippen molar-refractivity contribution in [3.63, 3.8) is 0 Å². The van der Waals surface area contributed by atoms with E-state index in [1.807, 2.05) is 0 Å². The van der Waals surface area contributed by atoms with Crippen molar-refractivity contribution in [2.75, 3.05) is 11.5 Å². The highest BCUT2D eigenvalue weighted by Crippen LogP contribution is 2.21. The summed E-state index contributed by atoms with van der Waals surface area (Å²) in [6.45, 7) is 0. The summed E-state index contributed by atoms with van der Waals surface area (Å²) in [5.74, 6) is -2.18. The van der Waals surface area contributed by atoms with E-state index in [0.29, 0.717) is 10.9 Å². The van der Waals surface area contributed by atoms with Gasteiger partial charge in [-0.15, -0.1) is 0 Å². The molecule has 1 aromatic rings. The van der Waals surface area contributed by atoms with E-state index in [2.05, 4.69) is 26.8 Å². The summed E-state index contributed by atoms with van der Waals surface area (Å²) in [7, 11) is -3.05. The maximum Gasteiger partial charge on any atom is 0.272 e. The van der Waals surface area contributed by atoms with Crippen LogP contribution in [0.4, 0.5) is 4.39 Å². The Morgan fingerprint density at radius 2 is 2.05 bits per heavy atom. The van der Waals surface area contributed by atoms with Gasteiger partial charge in [-0.05, 0) is 30.5 Å². The third-order valence-corrected chi connectivity index (χ3v) is 5.62. The van der Waals surface area contributed by atoms with E-state index >= 15 is 0 Å². The Balaban J connectivity index is 1.84. The minimum absolute atomic E-state index is 0.00231. The molecule has 0 unspecified atom stereocenters. The Morgan fingerprint density at radius 1 is 1.32 bits per heavy atom. The molecule has 120 valence electrons. The van der Waals surface area contributed by atoms with Gasteiger partial charge in [0.2, 0.25) is 5.91 Å². The second-order valence-electron chi connectivity index (χ2n) is 5.10. The summed E-state index contributed by atoms with van der Waals surface area (Å²) < 4.78 is 36.6. The number of benzene rings is 1. The summed E-state index contributed by atoms with van der Waals surface area (Å²) >= 11 is 3.08. The number of sulfone groups is 1. The first-order valence-corrected chi connectivity index (χ1v) is 9.13. The van der Waals surface area contributed by atoms with Crippen LogP contribution in [0, 0.1) is 11.7 Å². The molecule has 1 heterocycles. The molecule has 22 heavy (non-hydrogen) atoms. The lowest BCUT2D eigenvalue weighted by molar-refractivity contribution is -0.122. The van der Waals surface area contributed by atoms with Gasteiger partial charge >= 0.3 is 0 Å². The number of carbonyl (C=O) groups is 2. The van der Waals surface area contributed by atoms with Crippen molar-refractivity contribution in [1.29, 1.82) is 0 Å². The van der Waals surface area contributed by atoms with Gasteiger partial charge in [0.25, 0.3) is 5.91 Å². The van der Waals surface area contributed by atoms with E-state index < -0.39 is 27.5 Å². The molecule has 1 aromatic carbocycles. The molecule has 1 aliphatic rings. The van der Waals surface area contributed by atoms with E-state index in [0.717, 1.165) is 6.07 Å². The Kier molecular flexibility index (Phi) is 5.17. The van der Waals surface area contributed by atoms with Gasteiger partial charge < -0.3 is 0 Å². The Hall–Kier alpha value is -1.48. The summed E-state index contributed by atoms with van der Waals surface area (Å²) in [4.78, 5) is 23.4. The molecule has 0 radical (unpaired) electrons. The molecule has 1 aliphatic heterocycles. The molecule has 0 spiro atoms. The van der Waals surface area contributed by atoms with Crippen LogP contribution < -0.4 is 10.9 Å². The van der Waals surface area contributed by atoms with E-state index in [4.69, 9.17) is 0 Å². The molecular formula is C13H14BrFN2O4S. The fourth-order valence-electron chi connectivity index (χ4n) is 2.21. The van der Waals surface area contributed by atoms with Crippen LogP contribution >= 0.6 is 15.9 Å². The average Bonchev–Trinajstić information content (AvgIpc) is 2.75. The molecule has 0 saturated carbocycles. The van der Waals surface area contributed by atoms with Crippen LogP contribution in [0.1, 0.15) is 23.2 Å². The van der Waals surface area contributed by atoms with Crippen molar-refractivity contribution in [1.82, 2.24) is 10.9 Å². The van der Waals surface area contributed by atoms with Gasteiger partial charge in [-0.3, -0.25) is 20.4 Å². The lowest BCUT2D eigenvalue weighted by atomic mass is 10.1. The number of carbonyl (C=O) groups excluding carboxylic acids is 2. The highest BCUT2D eigenvalue weighted by molar-refractivity contribution is 9.10. The van der Waals surface area contributed by atoms with Crippen LogP contribution in [0.3, 0.4) is 0 Å².